The van der Waals surface area contributed by atoms with Crippen molar-refractivity contribution in [1.82, 2.24) is 5.32 Å². The highest BCUT2D eigenvalue weighted by atomic mass is 16.4. The Kier molecular flexibility index (Phi) is 7.09. The van der Waals surface area contributed by atoms with Crippen LogP contribution in [0.15, 0.2) is 0 Å². The molecule has 0 heterocycles. The van der Waals surface area contributed by atoms with Gasteiger partial charge in [0, 0.05) is 13.0 Å². The van der Waals surface area contributed by atoms with E-state index >= 15 is 0 Å². The van der Waals surface area contributed by atoms with Gasteiger partial charge < -0.3 is 10.4 Å². The molecule has 112 valence electrons. The largest absolute Gasteiger partial charge is 0.481 e. The minimum atomic E-state index is -0.861. The van der Waals surface area contributed by atoms with Crippen LogP contribution in [-0.2, 0) is 9.59 Å². The number of carboxylic acid groups (broad SMARTS) is 1. The van der Waals surface area contributed by atoms with Crippen molar-refractivity contribution in [3.05, 3.63) is 0 Å². The molecular formula is C15H29NO3. The van der Waals surface area contributed by atoms with Crippen LogP contribution in [0.5, 0.6) is 0 Å². The molecule has 0 aromatic heterocycles. The normalized spacial score (nSPS) is 12.3. The van der Waals surface area contributed by atoms with Gasteiger partial charge in [0.1, 0.15) is 0 Å². The van der Waals surface area contributed by atoms with Gasteiger partial charge in [-0.3, -0.25) is 9.59 Å². The Morgan fingerprint density at radius 1 is 1.05 bits per heavy atom. The highest BCUT2D eigenvalue weighted by molar-refractivity contribution is 5.77. The van der Waals surface area contributed by atoms with Gasteiger partial charge in [0.15, 0.2) is 0 Å². The van der Waals surface area contributed by atoms with E-state index in [4.69, 9.17) is 5.11 Å². The number of hydrogen-bond donors (Lipinski definition) is 2. The molecule has 0 aliphatic carbocycles. The van der Waals surface area contributed by atoms with E-state index in [0.717, 1.165) is 0 Å². The lowest BCUT2D eigenvalue weighted by Crippen LogP contribution is -2.36. The molecule has 0 radical (unpaired) electrons. The molecule has 0 aliphatic rings. The molecular weight excluding hydrogens is 242 g/mol. The maximum Gasteiger partial charge on any atom is 0.303 e. The Labute approximate surface area is 117 Å². The molecule has 0 saturated carbocycles. The highest BCUT2D eigenvalue weighted by Crippen LogP contribution is 2.25. The van der Waals surface area contributed by atoms with Crippen LogP contribution in [0.25, 0.3) is 0 Å². The number of carbonyl (C=O) groups is 2. The highest BCUT2D eigenvalue weighted by Gasteiger charge is 2.26. The predicted molar refractivity (Wildman–Crippen MR) is 76.8 cm³/mol. The molecule has 0 unspecified atom stereocenters. The van der Waals surface area contributed by atoms with Crippen LogP contribution in [0, 0.1) is 23.2 Å². The van der Waals surface area contributed by atoms with Gasteiger partial charge in [-0.25, -0.2) is 0 Å². The van der Waals surface area contributed by atoms with Gasteiger partial charge in [-0.2, -0.15) is 0 Å². The van der Waals surface area contributed by atoms with E-state index in [-0.39, 0.29) is 18.7 Å². The quantitative estimate of drug-likeness (QED) is 0.713. The minimum Gasteiger partial charge on any atom is -0.481 e. The summed E-state index contributed by atoms with van der Waals surface area (Å²) in [5, 5.41) is 11.7. The first kappa shape index (κ1) is 17.9. The molecule has 4 nitrogen and oxygen atoms in total. The monoisotopic (exact) mass is 271 g/mol. The molecule has 0 aromatic rings. The molecule has 0 aromatic carbocycles. The molecule has 0 aliphatic heterocycles. The number of aliphatic carboxylic acids is 1. The lowest BCUT2D eigenvalue weighted by Gasteiger charge is -2.26. The molecule has 0 fully saturated rings. The molecule has 0 atom stereocenters. The Hall–Kier alpha value is -1.06. The smallest absolute Gasteiger partial charge is 0.303 e. The third kappa shape index (κ3) is 7.85. The zero-order valence-corrected chi connectivity index (χ0v) is 13.1. The number of nitrogens with one attached hydrogen (secondary N) is 1. The second kappa shape index (κ2) is 7.51. The predicted octanol–water partition coefficient (Wildman–Crippen LogP) is 2.92. The van der Waals surface area contributed by atoms with Crippen molar-refractivity contribution in [1.29, 1.82) is 0 Å². The van der Waals surface area contributed by atoms with Gasteiger partial charge in [-0.05, 0) is 23.2 Å². The van der Waals surface area contributed by atoms with Crippen molar-refractivity contribution in [3.8, 4) is 0 Å². The Morgan fingerprint density at radius 3 is 1.89 bits per heavy atom. The van der Waals surface area contributed by atoms with Gasteiger partial charge >= 0.3 is 5.97 Å². The van der Waals surface area contributed by atoms with Crippen LogP contribution in [0.2, 0.25) is 0 Å². The van der Waals surface area contributed by atoms with Crippen LogP contribution in [-0.4, -0.2) is 23.5 Å². The average molecular weight is 271 g/mol. The topological polar surface area (TPSA) is 66.4 Å². The van der Waals surface area contributed by atoms with Crippen molar-refractivity contribution in [3.63, 3.8) is 0 Å². The van der Waals surface area contributed by atoms with E-state index in [1.807, 2.05) is 13.8 Å². The number of amides is 1. The SMILES string of the molecule is CC(C)C(CNC(=O)CC(C)(C)CC(=O)O)C(C)C. The summed E-state index contributed by atoms with van der Waals surface area (Å²) < 4.78 is 0. The number of hydrogen-bond acceptors (Lipinski definition) is 2. The van der Waals surface area contributed by atoms with E-state index in [9.17, 15) is 9.59 Å². The van der Waals surface area contributed by atoms with Gasteiger partial charge in [0.05, 0.1) is 6.42 Å². The molecule has 0 rings (SSSR count). The van der Waals surface area contributed by atoms with Crippen LogP contribution in [0.3, 0.4) is 0 Å². The second-order valence-corrected chi connectivity index (χ2v) is 6.87. The fourth-order valence-electron chi connectivity index (χ4n) is 2.44. The molecule has 0 spiro atoms. The Balaban J connectivity index is 4.28. The maximum atomic E-state index is 11.9. The lowest BCUT2D eigenvalue weighted by molar-refractivity contribution is -0.139. The van der Waals surface area contributed by atoms with Crippen molar-refractivity contribution in [2.75, 3.05) is 6.54 Å². The number of rotatable bonds is 8. The Morgan fingerprint density at radius 2 is 1.53 bits per heavy atom. The Bertz CT molecular complexity index is 301. The summed E-state index contributed by atoms with van der Waals surface area (Å²) in [4.78, 5) is 22.6. The van der Waals surface area contributed by atoms with Crippen LogP contribution < -0.4 is 5.32 Å². The van der Waals surface area contributed by atoms with Crippen molar-refractivity contribution in [2.45, 2.75) is 54.4 Å². The van der Waals surface area contributed by atoms with Crippen molar-refractivity contribution < 1.29 is 14.7 Å². The third-order valence-corrected chi connectivity index (χ3v) is 3.52. The summed E-state index contributed by atoms with van der Waals surface area (Å²) in [6.07, 6.45) is 0.264. The molecule has 0 bridgehead atoms. The average Bonchev–Trinajstić information content (AvgIpc) is 2.12. The van der Waals surface area contributed by atoms with E-state index < -0.39 is 11.4 Å². The maximum absolute atomic E-state index is 11.9. The van der Waals surface area contributed by atoms with E-state index in [2.05, 4.69) is 33.0 Å². The van der Waals surface area contributed by atoms with Gasteiger partial charge in [0.2, 0.25) is 5.91 Å². The van der Waals surface area contributed by atoms with Gasteiger partial charge in [-0.1, -0.05) is 41.5 Å². The zero-order valence-electron chi connectivity index (χ0n) is 13.1. The third-order valence-electron chi connectivity index (χ3n) is 3.52. The summed E-state index contributed by atoms with van der Waals surface area (Å²) in [7, 11) is 0. The van der Waals surface area contributed by atoms with Crippen LogP contribution in [0.4, 0.5) is 0 Å². The van der Waals surface area contributed by atoms with Crippen LogP contribution >= 0.6 is 0 Å². The fourth-order valence-corrected chi connectivity index (χ4v) is 2.44. The summed E-state index contributed by atoms with van der Waals surface area (Å²) in [5.41, 5.74) is -0.499. The minimum absolute atomic E-state index is 0.0121. The fraction of sp³-hybridized carbons (Fsp3) is 0.867. The summed E-state index contributed by atoms with van der Waals surface area (Å²) in [5.74, 6) is 0.573. The van der Waals surface area contributed by atoms with Crippen molar-refractivity contribution in [2.24, 2.45) is 23.2 Å². The molecule has 0 saturated heterocycles. The summed E-state index contributed by atoms with van der Waals surface area (Å²) in [6, 6.07) is 0. The second-order valence-electron chi connectivity index (χ2n) is 6.87. The molecule has 2 N–H and O–H groups in total. The van der Waals surface area contributed by atoms with Gasteiger partial charge in [-0.15, -0.1) is 0 Å². The first-order chi connectivity index (χ1) is 8.55. The molecule has 1 amide bonds. The lowest BCUT2D eigenvalue weighted by atomic mass is 9.84. The number of carboxylic acids is 1. The molecule has 19 heavy (non-hydrogen) atoms. The van der Waals surface area contributed by atoms with E-state index in [1.54, 1.807) is 0 Å². The summed E-state index contributed by atoms with van der Waals surface area (Å²) >= 11 is 0. The van der Waals surface area contributed by atoms with Crippen molar-refractivity contribution >= 4 is 11.9 Å². The molecule has 4 heteroatoms. The summed E-state index contributed by atoms with van der Waals surface area (Å²) in [6.45, 7) is 12.9. The van der Waals surface area contributed by atoms with Gasteiger partial charge in [0.25, 0.3) is 0 Å². The zero-order chi connectivity index (χ0) is 15.2. The van der Waals surface area contributed by atoms with Crippen LogP contribution in [0.1, 0.15) is 54.4 Å². The standard InChI is InChI=1S/C15H29NO3/c1-10(2)12(11(3)4)9-16-13(17)7-15(5,6)8-14(18)19/h10-12H,7-9H2,1-6H3,(H,16,17)(H,18,19). The van der Waals surface area contributed by atoms with E-state index in [1.165, 1.54) is 0 Å². The van der Waals surface area contributed by atoms with E-state index in [0.29, 0.717) is 24.3 Å². The number of carbonyl (C=O) groups excluding carboxylic acids is 1. The first-order valence-corrected chi connectivity index (χ1v) is 7.03. The first-order valence-electron chi connectivity index (χ1n) is 7.03.